The van der Waals surface area contributed by atoms with Crippen LogP contribution in [0.25, 0.3) is 0 Å². The Kier molecular flexibility index (Phi) is 3.86. The number of benzene rings is 1. The Bertz CT molecular complexity index is 561. The lowest BCUT2D eigenvalue weighted by molar-refractivity contribution is 0.199. The molecule has 1 aromatic carbocycles. The van der Waals surface area contributed by atoms with E-state index in [0.717, 1.165) is 17.1 Å². The number of aryl methyl sites for hydroxylation is 2. The predicted molar refractivity (Wildman–Crippen MR) is 78.8 cm³/mol. The maximum atomic E-state index is 9.49. The van der Waals surface area contributed by atoms with Crippen molar-refractivity contribution in [3.8, 4) is 0 Å². The minimum absolute atomic E-state index is 0.479. The topological polar surface area (TPSA) is 36.4 Å². The Hall–Kier alpha value is -1.87. The highest BCUT2D eigenvalue weighted by molar-refractivity contribution is 5.63. The third kappa shape index (κ3) is 2.93. The van der Waals surface area contributed by atoms with Gasteiger partial charge >= 0.3 is 0 Å². The highest BCUT2D eigenvalue weighted by Crippen LogP contribution is 2.26. The van der Waals surface area contributed by atoms with Gasteiger partial charge in [-0.3, -0.25) is 0 Å². The average molecular weight is 256 g/mol. The molecule has 19 heavy (non-hydrogen) atoms. The highest BCUT2D eigenvalue weighted by Gasteiger charge is 2.09. The van der Waals surface area contributed by atoms with E-state index in [2.05, 4.69) is 41.9 Å². The maximum absolute atomic E-state index is 9.49. The van der Waals surface area contributed by atoms with Crippen molar-refractivity contribution < 1.29 is 5.11 Å². The van der Waals surface area contributed by atoms with Crippen molar-refractivity contribution in [2.75, 3.05) is 11.9 Å². The van der Waals surface area contributed by atoms with Crippen molar-refractivity contribution >= 4 is 11.5 Å². The summed E-state index contributed by atoms with van der Waals surface area (Å²) in [7, 11) is 2.00. The van der Waals surface area contributed by atoms with Gasteiger partial charge in [-0.1, -0.05) is 23.8 Å². The Balaban J connectivity index is 2.30. The van der Waals surface area contributed by atoms with Crippen LogP contribution in [0.3, 0.4) is 0 Å². The smallest absolute Gasteiger partial charge is 0.132 e. The van der Waals surface area contributed by atoms with E-state index < -0.39 is 6.10 Å². The second-order valence-corrected chi connectivity index (χ2v) is 4.97. The van der Waals surface area contributed by atoms with Crippen molar-refractivity contribution in [3.63, 3.8) is 0 Å². The van der Waals surface area contributed by atoms with Crippen LogP contribution in [0.2, 0.25) is 0 Å². The van der Waals surface area contributed by atoms with Crippen molar-refractivity contribution in [2.24, 2.45) is 0 Å². The number of hydrogen-bond acceptors (Lipinski definition) is 3. The summed E-state index contributed by atoms with van der Waals surface area (Å²) in [4.78, 5) is 6.46. The lowest BCUT2D eigenvalue weighted by atomic mass is 10.1. The molecule has 0 fully saturated rings. The van der Waals surface area contributed by atoms with Gasteiger partial charge in [-0.05, 0) is 44.0 Å². The zero-order chi connectivity index (χ0) is 14.0. The standard InChI is InChI=1S/C16H20N2O/c1-11-5-7-15(12(2)9-11)18(4)16-8-6-14(10-17-16)13(3)19/h5-10,13,19H,1-4H3/t13-/m1/s1. The normalized spacial score (nSPS) is 12.3. The molecule has 3 heteroatoms. The lowest BCUT2D eigenvalue weighted by Crippen LogP contribution is -2.12. The lowest BCUT2D eigenvalue weighted by Gasteiger charge is -2.21. The second-order valence-electron chi connectivity index (χ2n) is 4.97. The van der Waals surface area contributed by atoms with Crippen molar-refractivity contribution in [1.82, 2.24) is 4.98 Å². The van der Waals surface area contributed by atoms with Gasteiger partial charge in [0.05, 0.1) is 6.10 Å². The van der Waals surface area contributed by atoms with E-state index in [1.54, 1.807) is 13.1 Å². The van der Waals surface area contributed by atoms with Gasteiger partial charge in [-0.15, -0.1) is 0 Å². The van der Waals surface area contributed by atoms with E-state index in [0.29, 0.717) is 0 Å². The summed E-state index contributed by atoms with van der Waals surface area (Å²) in [6.45, 7) is 5.93. The quantitative estimate of drug-likeness (QED) is 0.912. The molecule has 3 nitrogen and oxygen atoms in total. The summed E-state index contributed by atoms with van der Waals surface area (Å²) < 4.78 is 0. The fraction of sp³-hybridized carbons (Fsp3) is 0.312. The van der Waals surface area contributed by atoms with E-state index in [9.17, 15) is 5.11 Å². The molecule has 2 aromatic rings. The van der Waals surface area contributed by atoms with Gasteiger partial charge < -0.3 is 10.0 Å². The average Bonchev–Trinajstić information content (AvgIpc) is 2.38. The van der Waals surface area contributed by atoms with Crippen LogP contribution < -0.4 is 4.90 Å². The first-order valence-corrected chi connectivity index (χ1v) is 6.44. The summed E-state index contributed by atoms with van der Waals surface area (Å²) in [6, 6.07) is 10.2. The van der Waals surface area contributed by atoms with Gasteiger partial charge in [0.1, 0.15) is 5.82 Å². The molecule has 0 aliphatic carbocycles. The number of hydrogen-bond donors (Lipinski definition) is 1. The van der Waals surface area contributed by atoms with Gasteiger partial charge in [0.2, 0.25) is 0 Å². The zero-order valence-corrected chi connectivity index (χ0v) is 11.9. The largest absolute Gasteiger partial charge is 0.389 e. The molecule has 100 valence electrons. The molecule has 0 radical (unpaired) electrons. The number of pyridine rings is 1. The van der Waals surface area contributed by atoms with E-state index in [1.807, 2.05) is 19.2 Å². The third-order valence-electron chi connectivity index (χ3n) is 3.31. The number of aromatic nitrogens is 1. The highest BCUT2D eigenvalue weighted by atomic mass is 16.3. The van der Waals surface area contributed by atoms with Gasteiger partial charge in [0.25, 0.3) is 0 Å². The molecule has 1 N–H and O–H groups in total. The molecule has 2 rings (SSSR count). The SMILES string of the molecule is Cc1ccc(N(C)c2ccc([C@@H](C)O)cn2)c(C)c1. The molecule has 1 heterocycles. The second kappa shape index (κ2) is 5.41. The first kappa shape index (κ1) is 13.6. The molecule has 0 unspecified atom stereocenters. The van der Waals surface area contributed by atoms with Crippen LogP contribution in [0.5, 0.6) is 0 Å². The maximum Gasteiger partial charge on any atom is 0.132 e. The summed E-state index contributed by atoms with van der Waals surface area (Å²) in [5.41, 5.74) is 4.46. The molecular formula is C16H20N2O. The van der Waals surface area contributed by atoms with E-state index in [1.165, 1.54) is 11.1 Å². The monoisotopic (exact) mass is 256 g/mol. The van der Waals surface area contributed by atoms with Gasteiger partial charge in [-0.25, -0.2) is 4.98 Å². The van der Waals surface area contributed by atoms with Crippen molar-refractivity contribution in [3.05, 3.63) is 53.2 Å². The van der Waals surface area contributed by atoms with Gasteiger partial charge in [0.15, 0.2) is 0 Å². The summed E-state index contributed by atoms with van der Waals surface area (Å²) in [6.07, 6.45) is 1.24. The van der Waals surface area contributed by atoms with Crippen LogP contribution in [0, 0.1) is 13.8 Å². The third-order valence-corrected chi connectivity index (χ3v) is 3.31. The zero-order valence-electron chi connectivity index (χ0n) is 11.9. The molecule has 0 aliphatic rings. The molecule has 1 aromatic heterocycles. The van der Waals surface area contributed by atoms with E-state index in [-0.39, 0.29) is 0 Å². The summed E-state index contributed by atoms with van der Waals surface area (Å²) >= 11 is 0. The number of aliphatic hydroxyl groups excluding tert-OH is 1. The Morgan fingerprint density at radius 1 is 1.16 bits per heavy atom. The van der Waals surface area contributed by atoms with E-state index in [4.69, 9.17) is 0 Å². The number of nitrogens with zero attached hydrogens (tertiary/aromatic N) is 2. The number of rotatable bonds is 3. The summed E-state index contributed by atoms with van der Waals surface area (Å²) in [5.74, 6) is 0.872. The molecule has 0 amide bonds. The fourth-order valence-electron chi connectivity index (χ4n) is 2.15. The molecular weight excluding hydrogens is 236 g/mol. The van der Waals surface area contributed by atoms with Crippen LogP contribution in [-0.2, 0) is 0 Å². The molecule has 0 saturated heterocycles. The first-order chi connectivity index (χ1) is 8.99. The minimum Gasteiger partial charge on any atom is -0.389 e. The van der Waals surface area contributed by atoms with Crippen LogP contribution >= 0.6 is 0 Å². The van der Waals surface area contributed by atoms with Crippen LogP contribution in [0.15, 0.2) is 36.5 Å². The van der Waals surface area contributed by atoms with E-state index >= 15 is 0 Å². The molecule has 1 atom stereocenters. The Morgan fingerprint density at radius 3 is 2.42 bits per heavy atom. The molecule has 0 aliphatic heterocycles. The first-order valence-electron chi connectivity index (χ1n) is 6.44. The van der Waals surface area contributed by atoms with Crippen LogP contribution in [-0.4, -0.2) is 17.1 Å². The predicted octanol–water partition coefficient (Wildman–Crippen LogP) is 3.52. The van der Waals surface area contributed by atoms with Crippen LogP contribution in [0.4, 0.5) is 11.5 Å². The fourth-order valence-corrected chi connectivity index (χ4v) is 2.15. The minimum atomic E-state index is -0.479. The molecule has 0 spiro atoms. The van der Waals surface area contributed by atoms with Gasteiger partial charge in [0, 0.05) is 18.9 Å². The molecule has 0 saturated carbocycles. The Morgan fingerprint density at radius 2 is 1.89 bits per heavy atom. The Labute approximate surface area is 114 Å². The number of aliphatic hydroxyl groups is 1. The summed E-state index contributed by atoms with van der Waals surface area (Å²) in [5, 5.41) is 9.49. The van der Waals surface area contributed by atoms with Crippen molar-refractivity contribution in [1.29, 1.82) is 0 Å². The van der Waals surface area contributed by atoms with Crippen LogP contribution in [0.1, 0.15) is 29.7 Å². The number of anilines is 2. The van der Waals surface area contributed by atoms with Gasteiger partial charge in [-0.2, -0.15) is 0 Å². The van der Waals surface area contributed by atoms with Crippen molar-refractivity contribution in [2.45, 2.75) is 26.9 Å². The molecule has 0 bridgehead atoms.